The molecule has 0 saturated heterocycles. The van der Waals surface area contributed by atoms with Gasteiger partial charge in [0, 0.05) is 40.8 Å². The Balaban J connectivity index is 0.00000450. The van der Waals surface area contributed by atoms with E-state index in [1.54, 1.807) is 31.3 Å². The summed E-state index contributed by atoms with van der Waals surface area (Å²) in [6, 6.07) is 15.2. The Morgan fingerprint density at radius 3 is 2.23 bits per heavy atom. The second kappa shape index (κ2) is 12.9. The molecular formula is C21H31IN4O3S. The SMILES string of the molecule is CN=C(NCc1ccc(S(=O)(=O)NCCOC)cc1)N(C)Cc1ccc(C)cc1.I. The standard InChI is InChI=1S/C21H30N4O3S.HI/c1-17-5-7-19(8-6-17)16-25(3)21(22-2)23-15-18-9-11-20(12-10-18)29(26,27)24-13-14-28-4;/h5-12,24H,13-16H2,1-4H3,(H,22,23);1H. The molecule has 2 N–H and O–H groups in total. The molecular weight excluding hydrogens is 515 g/mol. The van der Waals surface area contributed by atoms with Crippen molar-refractivity contribution in [1.82, 2.24) is 14.9 Å². The van der Waals surface area contributed by atoms with Gasteiger partial charge in [-0.05, 0) is 30.2 Å². The van der Waals surface area contributed by atoms with Crippen LogP contribution in [0.5, 0.6) is 0 Å². The Hall–Kier alpha value is -1.69. The molecule has 166 valence electrons. The molecule has 0 saturated carbocycles. The van der Waals surface area contributed by atoms with Crippen molar-refractivity contribution in [2.24, 2.45) is 4.99 Å². The number of aryl methyl sites for hydroxylation is 1. The molecule has 0 spiro atoms. The number of sulfonamides is 1. The van der Waals surface area contributed by atoms with Crippen molar-refractivity contribution >= 4 is 40.0 Å². The summed E-state index contributed by atoms with van der Waals surface area (Å²) in [4.78, 5) is 6.61. The van der Waals surface area contributed by atoms with Gasteiger partial charge in [0.1, 0.15) is 0 Å². The lowest BCUT2D eigenvalue weighted by Gasteiger charge is -2.22. The number of rotatable bonds is 9. The van der Waals surface area contributed by atoms with E-state index in [9.17, 15) is 8.42 Å². The van der Waals surface area contributed by atoms with Gasteiger partial charge in [-0.1, -0.05) is 42.0 Å². The van der Waals surface area contributed by atoms with Crippen LogP contribution < -0.4 is 10.0 Å². The molecule has 2 aromatic rings. The number of hydrogen-bond acceptors (Lipinski definition) is 4. The third-order valence-electron chi connectivity index (χ3n) is 4.40. The fraction of sp³-hybridized carbons (Fsp3) is 0.381. The van der Waals surface area contributed by atoms with Crippen molar-refractivity contribution in [3.05, 3.63) is 65.2 Å². The molecule has 9 heteroatoms. The molecule has 0 amide bonds. The molecule has 0 fully saturated rings. The summed E-state index contributed by atoms with van der Waals surface area (Å²) in [5.74, 6) is 0.767. The third-order valence-corrected chi connectivity index (χ3v) is 5.87. The van der Waals surface area contributed by atoms with Crippen LogP contribution in [-0.2, 0) is 27.8 Å². The van der Waals surface area contributed by atoms with Crippen LogP contribution in [0, 0.1) is 6.92 Å². The van der Waals surface area contributed by atoms with Gasteiger partial charge in [0.15, 0.2) is 5.96 Å². The summed E-state index contributed by atoms with van der Waals surface area (Å²) in [6.07, 6.45) is 0. The quantitative estimate of drug-likeness (QED) is 0.219. The average molecular weight is 546 g/mol. The molecule has 0 aliphatic carbocycles. The summed E-state index contributed by atoms with van der Waals surface area (Å²) >= 11 is 0. The van der Waals surface area contributed by atoms with E-state index in [0.717, 1.165) is 18.1 Å². The van der Waals surface area contributed by atoms with Crippen molar-refractivity contribution in [1.29, 1.82) is 0 Å². The minimum Gasteiger partial charge on any atom is -0.383 e. The fourth-order valence-corrected chi connectivity index (χ4v) is 3.77. The van der Waals surface area contributed by atoms with Crippen LogP contribution in [-0.4, -0.2) is 53.6 Å². The molecule has 30 heavy (non-hydrogen) atoms. The summed E-state index contributed by atoms with van der Waals surface area (Å²) in [5.41, 5.74) is 3.40. The molecule has 0 bridgehead atoms. The van der Waals surface area contributed by atoms with Crippen molar-refractivity contribution in [2.75, 3.05) is 34.4 Å². The largest absolute Gasteiger partial charge is 0.383 e. The lowest BCUT2D eigenvalue weighted by atomic mass is 10.1. The Bertz CT molecular complexity index is 901. The summed E-state index contributed by atoms with van der Waals surface area (Å²) in [5, 5.41) is 3.31. The summed E-state index contributed by atoms with van der Waals surface area (Å²) in [7, 11) is 1.74. The van der Waals surface area contributed by atoms with E-state index in [1.165, 1.54) is 18.2 Å². The maximum atomic E-state index is 12.2. The van der Waals surface area contributed by atoms with Crippen LogP contribution in [0.3, 0.4) is 0 Å². The molecule has 7 nitrogen and oxygen atoms in total. The minimum absolute atomic E-state index is 0. The molecule has 0 aliphatic heterocycles. The molecule has 0 heterocycles. The van der Waals surface area contributed by atoms with Gasteiger partial charge in [-0.3, -0.25) is 4.99 Å². The zero-order chi connectivity index (χ0) is 21.3. The van der Waals surface area contributed by atoms with Gasteiger partial charge in [0.05, 0.1) is 11.5 Å². The van der Waals surface area contributed by atoms with E-state index < -0.39 is 10.0 Å². The van der Waals surface area contributed by atoms with Crippen molar-refractivity contribution in [3.63, 3.8) is 0 Å². The number of hydrogen-bond donors (Lipinski definition) is 2. The van der Waals surface area contributed by atoms with E-state index in [0.29, 0.717) is 13.2 Å². The average Bonchev–Trinajstić information content (AvgIpc) is 2.70. The molecule has 2 rings (SSSR count). The number of benzene rings is 2. The predicted molar refractivity (Wildman–Crippen MR) is 132 cm³/mol. The van der Waals surface area contributed by atoms with Gasteiger partial charge in [-0.25, -0.2) is 13.1 Å². The molecule has 0 unspecified atom stereocenters. The Kier molecular flexibility index (Phi) is 11.3. The lowest BCUT2D eigenvalue weighted by Crippen LogP contribution is -2.38. The Labute approximate surface area is 197 Å². The molecule has 0 radical (unpaired) electrons. The first-order valence-corrected chi connectivity index (χ1v) is 10.9. The molecule has 2 aromatic carbocycles. The van der Waals surface area contributed by atoms with E-state index in [2.05, 4.69) is 46.2 Å². The summed E-state index contributed by atoms with van der Waals surface area (Å²) < 4.78 is 31.8. The van der Waals surface area contributed by atoms with Crippen LogP contribution in [0.4, 0.5) is 0 Å². The maximum absolute atomic E-state index is 12.2. The van der Waals surface area contributed by atoms with Gasteiger partial charge in [0.2, 0.25) is 10.0 Å². The first-order chi connectivity index (χ1) is 13.9. The van der Waals surface area contributed by atoms with Gasteiger partial charge >= 0.3 is 0 Å². The number of halogens is 1. The van der Waals surface area contributed by atoms with Gasteiger partial charge in [-0.2, -0.15) is 0 Å². The zero-order valence-corrected chi connectivity index (χ0v) is 21.0. The van der Waals surface area contributed by atoms with Gasteiger partial charge in [-0.15, -0.1) is 24.0 Å². The number of methoxy groups -OCH3 is 1. The number of nitrogens with zero attached hydrogens (tertiary/aromatic N) is 2. The normalized spacial score (nSPS) is 11.7. The number of nitrogens with one attached hydrogen (secondary N) is 2. The molecule has 0 aromatic heterocycles. The number of guanidine groups is 1. The first kappa shape index (κ1) is 26.3. The monoisotopic (exact) mass is 546 g/mol. The molecule has 0 atom stereocenters. The van der Waals surface area contributed by atoms with Crippen molar-refractivity contribution in [3.8, 4) is 0 Å². The summed E-state index contributed by atoms with van der Waals surface area (Å²) in [6.45, 7) is 3.93. The van der Waals surface area contributed by atoms with Crippen molar-refractivity contribution < 1.29 is 13.2 Å². The van der Waals surface area contributed by atoms with Crippen LogP contribution in [0.1, 0.15) is 16.7 Å². The van der Waals surface area contributed by atoms with E-state index in [4.69, 9.17) is 4.74 Å². The van der Waals surface area contributed by atoms with Crippen LogP contribution in [0.15, 0.2) is 58.4 Å². The van der Waals surface area contributed by atoms with E-state index in [1.807, 2.05) is 11.9 Å². The highest BCUT2D eigenvalue weighted by atomic mass is 127. The minimum atomic E-state index is -3.52. The van der Waals surface area contributed by atoms with E-state index >= 15 is 0 Å². The van der Waals surface area contributed by atoms with Gasteiger partial charge < -0.3 is 15.0 Å². The number of ether oxygens (including phenoxy) is 1. The van der Waals surface area contributed by atoms with Crippen molar-refractivity contribution in [2.45, 2.75) is 24.9 Å². The second-order valence-corrected chi connectivity index (χ2v) is 8.54. The van der Waals surface area contributed by atoms with Gasteiger partial charge in [0.25, 0.3) is 0 Å². The predicted octanol–water partition coefficient (Wildman–Crippen LogP) is 2.75. The zero-order valence-electron chi connectivity index (χ0n) is 17.9. The first-order valence-electron chi connectivity index (χ1n) is 9.40. The highest BCUT2D eigenvalue weighted by Crippen LogP contribution is 2.11. The lowest BCUT2D eigenvalue weighted by molar-refractivity contribution is 0.204. The maximum Gasteiger partial charge on any atom is 0.240 e. The van der Waals surface area contributed by atoms with Crippen LogP contribution in [0.25, 0.3) is 0 Å². The fourth-order valence-electron chi connectivity index (χ4n) is 2.76. The highest BCUT2D eigenvalue weighted by molar-refractivity contribution is 14.0. The second-order valence-electron chi connectivity index (χ2n) is 6.78. The Morgan fingerprint density at radius 2 is 1.67 bits per heavy atom. The molecule has 0 aliphatic rings. The third kappa shape index (κ3) is 8.21. The van der Waals surface area contributed by atoms with Crippen LogP contribution in [0.2, 0.25) is 0 Å². The van der Waals surface area contributed by atoms with Crippen LogP contribution >= 0.6 is 24.0 Å². The highest BCUT2D eigenvalue weighted by Gasteiger charge is 2.13. The number of aliphatic imine (C=N–C) groups is 1. The Morgan fingerprint density at radius 1 is 1.07 bits per heavy atom. The van der Waals surface area contributed by atoms with E-state index in [-0.39, 0.29) is 35.4 Å². The smallest absolute Gasteiger partial charge is 0.240 e. The topological polar surface area (TPSA) is 83.0 Å².